The van der Waals surface area contributed by atoms with Crippen molar-refractivity contribution in [2.24, 2.45) is 5.92 Å². The summed E-state index contributed by atoms with van der Waals surface area (Å²) < 4.78 is 33.3. The number of carbonyl (C=O) groups is 1. The van der Waals surface area contributed by atoms with Gasteiger partial charge in [0.05, 0.1) is 40.3 Å². The minimum atomic E-state index is -4.46. The van der Waals surface area contributed by atoms with Gasteiger partial charge < -0.3 is 23.4 Å². The van der Waals surface area contributed by atoms with Crippen LogP contribution in [0.3, 0.4) is 0 Å². The zero-order valence-corrected chi connectivity index (χ0v) is 28.6. The molecule has 0 aliphatic heterocycles. The van der Waals surface area contributed by atoms with E-state index in [1.54, 1.807) is 6.92 Å². The zero-order chi connectivity index (χ0) is 30.8. The number of esters is 1. The molecule has 0 N–H and O–H groups in total. The average Bonchev–Trinajstić information content (AvgIpc) is 2.88. The lowest BCUT2D eigenvalue weighted by Crippen LogP contribution is -2.44. The zero-order valence-electron chi connectivity index (χ0n) is 27.7. The number of rotatable bonds is 30. The third-order valence-electron chi connectivity index (χ3n) is 7.24. The van der Waals surface area contributed by atoms with Gasteiger partial charge in [0.2, 0.25) is 6.29 Å². The van der Waals surface area contributed by atoms with Crippen LogP contribution in [0.15, 0.2) is 0 Å². The van der Waals surface area contributed by atoms with Crippen molar-refractivity contribution in [1.82, 2.24) is 0 Å². The molecule has 0 aromatic heterocycles. The van der Waals surface area contributed by atoms with Gasteiger partial charge in [-0.2, -0.15) is 0 Å². The number of hydrogen-bond acceptors (Lipinski definition) is 7. The number of nitrogens with zero attached hydrogens (tertiary/aromatic N) is 1. The summed E-state index contributed by atoms with van der Waals surface area (Å²) in [5.74, 6) is -0.283. The van der Waals surface area contributed by atoms with Crippen molar-refractivity contribution in [3.8, 4) is 0 Å². The normalized spacial score (nSPS) is 15.0. The summed E-state index contributed by atoms with van der Waals surface area (Å²) in [6.07, 6.45) is 22.9. The van der Waals surface area contributed by atoms with Gasteiger partial charge in [0.15, 0.2) is 0 Å². The maximum absolute atomic E-state index is 12.7. The van der Waals surface area contributed by atoms with E-state index in [-0.39, 0.29) is 31.7 Å². The van der Waals surface area contributed by atoms with E-state index in [4.69, 9.17) is 14.0 Å². The first-order chi connectivity index (χ1) is 19.5. The Kier molecular flexibility index (Phi) is 25.6. The highest BCUT2D eigenvalue weighted by Gasteiger charge is 2.25. The predicted molar refractivity (Wildman–Crippen MR) is 166 cm³/mol. The molecule has 0 saturated carbocycles. The van der Waals surface area contributed by atoms with E-state index in [0.29, 0.717) is 11.0 Å². The molecule has 9 heteroatoms. The van der Waals surface area contributed by atoms with Crippen LogP contribution >= 0.6 is 7.82 Å². The second kappa shape index (κ2) is 25.9. The van der Waals surface area contributed by atoms with Crippen LogP contribution in [0.4, 0.5) is 0 Å². The largest absolute Gasteiger partial charge is 0.756 e. The third-order valence-corrected chi connectivity index (χ3v) is 8.31. The Labute approximate surface area is 253 Å². The second-order valence-corrected chi connectivity index (χ2v) is 13.9. The van der Waals surface area contributed by atoms with E-state index < -0.39 is 14.1 Å². The standard InChI is InChI=1S/C32H66NO7P/c1-7-10-11-12-13-14-15-16-17-18-19-20-21-22-23-24-26-30(25-8-2)32(34)38-28-27-37-31(29-33(4,5)6)40-41(35,36)39-9-3/h30-31H,7-29H2,1-6H3. The highest BCUT2D eigenvalue weighted by atomic mass is 31.2. The number of quaternary nitrogens is 1. The van der Waals surface area contributed by atoms with Gasteiger partial charge in [0.25, 0.3) is 7.82 Å². The minimum absolute atomic E-state index is 0.00625. The molecule has 0 bridgehead atoms. The van der Waals surface area contributed by atoms with Gasteiger partial charge in [-0.15, -0.1) is 0 Å². The van der Waals surface area contributed by atoms with Crippen LogP contribution < -0.4 is 4.89 Å². The SMILES string of the molecule is CCCCCCCCCCCCCCCCCCC(CCC)C(=O)OCCOC(C[N+](C)(C)C)OP(=O)([O-])OCC. The maximum Gasteiger partial charge on any atom is 0.309 e. The minimum Gasteiger partial charge on any atom is -0.756 e. The van der Waals surface area contributed by atoms with Gasteiger partial charge >= 0.3 is 5.97 Å². The highest BCUT2D eigenvalue weighted by Crippen LogP contribution is 2.40. The summed E-state index contributed by atoms with van der Waals surface area (Å²) in [5.41, 5.74) is 0. The van der Waals surface area contributed by atoms with Crippen molar-refractivity contribution < 1.29 is 37.3 Å². The lowest BCUT2D eigenvalue weighted by atomic mass is 9.96. The number of unbranched alkanes of at least 4 members (excludes halogenated alkanes) is 15. The molecule has 0 radical (unpaired) electrons. The fraction of sp³-hybridized carbons (Fsp3) is 0.969. The van der Waals surface area contributed by atoms with E-state index in [0.717, 1.165) is 32.1 Å². The summed E-state index contributed by atoms with van der Waals surface area (Å²) in [6, 6.07) is 0. The third kappa shape index (κ3) is 26.8. The van der Waals surface area contributed by atoms with Gasteiger partial charge in [0, 0.05) is 0 Å². The molecule has 0 aromatic carbocycles. The number of ether oxygens (including phenoxy) is 2. The molecule has 0 aliphatic carbocycles. The molecule has 3 atom stereocenters. The Hall–Kier alpha value is -0.500. The van der Waals surface area contributed by atoms with Crippen LogP contribution in [0.5, 0.6) is 0 Å². The fourth-order valence-corrected chi connectivity index (χ4v) is 5.80. The number of likely N-dealkylation sites (N-methyl/N-ethyl adjacent to an activating group) is 1. The molecule has 0 amide bonds. The van der Waals surface area contributed by atoms with E-state index in [9.17, 15) is 14.3 Å². The number of phosphoric ester groups is 1. The Balaban J connectivity index is 4.03. The summed E-state index contributed by atoms with van der Waals surface area (Å²) in [6.45, 7) is 6.35. The molecule has 0 rings (SSSR count). The Bertz CT molecular complexity index is 656. The van der Waals surface area contributed by atoms with Crippen LogP contribution in [0, 0.1) is 5.92 Å². The summed E-state index contributed by atoms with van der Waals surface area (Å²) in [4.78, 5) is 24.6. The number of phosphoric acid groups is 1. The first kappa shape index (κ1) is 40.5. The molecule has 0 aromatic rings. The Morgan fingerprint density at radius 3 is 1.63 bits per heavy atom. The summed E-state index contributed by atoms with van der Waals surface area (Å²) >= 11 is 0. The average molecular weight is 608 g/mol. The molecule has 0 fully saturated rings. The van der Waals surface area contributed by atoms with Crippen molar-refractivity contribution in [3.63, 3.8) is 0 Å². The lowest BCUT2D eigenvalue weighted by Gasteiger charge is -2.32. The first-order valence-electron chi connectivity index (χ1n) is 16.8. The van der Waals surface area contributed by atoms with Crippen LogP contribution in [0.2, 0.25) is 0 Å². The van der Waals surface area contributed by atoms with Crippen LogP contribution in [0.1, 0.15) is 143 Å². The Morgan fingerprint density at radius 1 is 0.707 bits per heavy atom. The fourth-order valence-electron chi connectivity index (χ4n) is 5.00. The van der Waals surface area contributed by atoms with Crippen molar-refractivity contribution in [3.05, 3.63) is 0 Å². The molecule has 0 spiro atoms. The monoisotopic (exact) mass is 607 g/mol. The van der Waals surface area contributed by atoms with Gasteiger partial charge in [-0.25, -0.2) is 0 Å². The van der Waals surface area contributed by atoms with Gasteiger partial charge in [-0.1, -0.05) is 123 Å². The van der Waals surface area contributed by atoms with Crippen molar-refractivity contribution in [2.45, 2.75) is 149 Å². The van der Waals surface area contributed by atoms with E-state index >= 15 is 0 Å². The molecule has 0 heterocycles. The smallest absolute Gasteiger partial charge is 0.309 e. The first-order valence-corrected chi connectivity index (χ1v) is 18.2. The molecular weight excluding hydrogens is 541 g/mol. The van der Waals surface area contributed by atoms with Crippen LogP contribution in [0.25, 0.3) is 0 Å². The predicted octanol–water partition coefficient (Wildman–Crippen LogP) is 8.17. The van der Waals surface area contributed by atoms with E-state index in [1.807, 2.05) is 21.1 Å². The van der Waals surface area contributed by atoms with Gasteiger partial charge in [-0.3, -0.25) is 13.9 Å². The molecular formula is C32H66NO7P. The maximum atomic E-state index is 12.7. The number of hydrogen-bond donors (Lipinski definition) is 0. The number of carbonyl (C=O) groups excluding carboxylic acids is 1. The summed E-state index contributed by atoms with van der Waals surface area (Å²) in [7, 11) is 1.26. The van der Waals surface area contributed by atoms with Gasteiger partial charge in [0.1, 0.15) is 13.2 Å². The van der Waals surface area contributed by atoms with Crippen LogP contribution in [-0.4, -0.2) is 64.3 Å². The molecule has 246 valence electrons. The molecule has 41 heavy (non-hydrogen) atoms. The molecule has 0 saturated heterocycles. The van der Waals surface area contributed by atoms with Crippen molar-refractivity contribution in [2.75, 3.05) is 47.5 Å². The summed E-state index contributed by atoms with van der Waals surface area (Å²) in [5, 5.41) is 0. The quantitative estimate of drug-likeness (QED) is 0.0267. The van der Waals surface area contributed by atoms with Crippen LogP contribution in [-0.2, 0) is 27.9 Å². The van der Waals surface area contributed by atoms with Crippen molar-refractivity contribution in [1.29, 1.82) is 0 Å². The molecule has 0 aliphatic rings. The lowest BCUT2D eigenvalue weighted by molar-refractivity contribution is -0.876. The van der Waals surface area contributed by atoms with E-state index in [2.05, 4.69) is 18.4 Å². The highest BCUT2D eigenvalue weighted by molar-refractivity contribution is 7.45. The van der Waals surface area contributed by atoms with Crippen molar-refractivity contribution >= 4 is 13.8 Å². The molecule has 3 unspecified atom stereocenters. The molecule has 8 nitrogen and oxygen atoms in total. The topological polar surface area (TPSA) is 94.1 Å². The second-order valence-electron chi connectivity index (χ2n) is 12.5. The van der Waals surface area contributed by atoms with E-state index in [1.165, 1.54) is 89.9 Å². The van der Waals surface area contributed by atoms with Gasteiger partial charge in [-0.05, 0) is 19.8 Å². The Morgan fingerprint density at radius 2 is 1.20 bits per heavy atom.